The first-order valence-corrected chi connectivity index (χ1v) is 5.68. The molecule has 1 fully saturated rings. The van der Waals surface area contributed by atoms with Gasteiger partial charge in [-0.1, -0.05) is 0 Å². The van der Waals surface area contributed by atoms with Crippen molar-refractivity contribution in [2.75, 3.05) is 19.8 Å². The van der Waals surface area contributed by atoms with Gasteiger partial charge in [-0.25, -0.2) is 0 Å². The van der Waals surface area contributed by atoms with Gasteiger partial charge in [0.2, 0.25) is 0 Å². The van der Waals surface area contributed by atoms with Gasteiger partial charge in [-0.2, -0.15) is 0 Å². The van der Waals surface area contributed by atoms with Crippen LogP contribution in [0.5, 0.6) is 0 Å². The molecular formula is C12H19NO2. The van der Waals surface area contributed by atoms with Gasteiger partial charge in [-0.05, 0) is 44.4 Å². The number of ether oxygens (including phenoxy) is 1. The first-order valence-electron chi connectivity index (χ1n) is 5.68. The van der Waals surface area contributed by atoms with Crippen LogP contribution >= 0.6 is 0 Å². The van der Waals surface area contributed by atoms with Gasteiger partial charge in [0, 0.05) is 13.2 Å². The molecule has 3 nitrogen and oxygen atoms in total. The quantitative estimate of drug-likeness (QED) is 0.754. The highest BCUT2D eigenvalue weighted by molar-refractivity contribution is 5.04. The second-order valence-electron chi connectivity index (χ2n) is 4.21. The Morgan fingerprint density at radius 3 is 3.07 bits per heavy atom. The molecule has 1 aromatic rings. The fraction of sp³-hybridized carbons (Fsp3) is 0.667. The van der Waals surface area contributed by atoms with E-state index in [1.54, 1.807) is 0 Å². The first kappa shape index (κ1) is 10.7. The van der Waals surface area contributed by atoms with Crippen LogP contribution in [0.2, 0.25) is 0 Å². The number of hydrogen-bond acceptors (Lipinski definition) is 3. The summed E-state index contributed by atoms with van der Waals surface area (Å²) < 4.78 is 10.8. The highest BCUT2D eigenvalue weighted by Crippen LogP contribution is 2.15. The summed E-state index contributed by atoms with van der Waals surface area (Å²) in [5, 5.41) is 3.39. The van der Waals surface area contributed by atoms with Gasteiger partial charge in [0.05, 0.1) is 6.54 Å². The summed E-state index contributed by atoms with van der Waals surface area (Å²) in [6.45, 7) is 5.75. The molecule has 1 aliphatic heterocycles. The van der Waals surface area contributed by atoms with E-state index in [2.05, 4.69) is 5.32 Å². The zero-order valence-electron chi connectivity index (χ0n) is 9.29. The van der Waals surface area contributed by atoms with Crippen molar-refractivity contribution in [3.63, 3.8) is 0 Å². The van der Waals surface area contributed by atoms with E-state index in [1.807, 2.05) is 19.1 Å². The minimum Gasteiger partial charge on any atom is -0.465 e. The van der Waals surface area contributed by atoms with E-state index in [4.69, 9.17) is 9.15 Å². The van der Waals surface area contributed by atoms with Crippen LogP contribution in [-0.4, -0.2) is 19.8 Å². The van der Waals surface area contributed by atoms with Crippen LogP contribution in [0.4, 0.5) is 0 Å². The Balaban J connectivity index is 1.58. The molecule has 0 spiro atoms. The average molecular weight is 209 g/mol. The molecule has 2 rings (SSSR count). The van der Waals surface area contributed by atoms with Gasteiger partial charge in [-0.3, -0.25) is 0 Å². The summed E-state index contributed by atoms with van der Waals surface area (Å²) in [6, 6.07) is 4.03. The fourth-order valence-electron chi connectivity index (χ4n) is 1.91. The third-order valence-corrected chi connectivity index (χ3v) is 2.85. The molecule has 0 amide bonds. The lowest BCUT2D eigenvalue weighted by Gasteiger charge is -2.07. The zero-order valence-corrected chi connectivity index (χ0v) is 9.29. The van der Waals surface area contributed by atoms with E-state index in [1.165, 1.54) is 12.8 Å². The summed E-state index contributed by atoms with van der Waals surface area (Å²) in [7, 11) is 0. The molecule has 1 aliphatic rings. The molecule has 84 valence electrons. The largest absolute Gasteiger partial charge is 0.465 e. The van der Waals surface area contributed by atoms with Gasteiger partial charge in [0.25, 0.3) is 0 Å². The standard InChI is InChI=1S/C12H19NO2/c1-10-2-3-12(15-10)8-13-6-4-11-5-7-14-9-11/h2-3,11,13H,4-9H2,1H3. The van der Waals surface area contributed by atoms with Crippen LogP contribution in [0, 0.1) is 12.8 Å². The molecule has 0 saturated carbocycles. The van der Waals surface area contributed by atoms with Crippen molar-refractivity contribution in [3.8, 4) is 0 Å². The van der Waals surface area contributed by atoms with Gasteiger partial charge in [0.1, 0.15) is 11.5 Å². The Labute approximate surface area is 90.8 Å². The molecule has 3 heteroatoms. The molecule has 15 heavy (non-hydrogen) atoms. The average Bonchev–Trinajstić information content (AvgIpc) is 2.84. The van der Waals surface area contributed by atoms with Crippen molar-refractivity contribution in [2.24, 2.45) is 5.92 Å². The molecule has 0 radical (unpaired) electrons. The molecule has 0 aromatic carbocycles. The van der Waals surface area contributed by atoms with Crippen molar-refractivity contribution in [1.82, 2.24) is 5.32 Å². The smallest absolute Gasteiger partial charge is 0.117 e. The van der Waals surface area contributed by atoms with E-state index in [-0.39, 0.29) is 0 Å². The Kier molecular flexibility index (Phi) is 3.80. The van der Waals surface area contributed by atoms with E-state index in [0.717, 1.165) is 43.7 Å². The van der Waals surface area contributed by atoms with Crippen LogP contribution in [-0.2, 0) is 11.3 Å². The third-order valence-electron chi connectivity index (χ3n) is 2.85. The van der Waals surface area contributed by atoms with Crippen molar-refractivity contribution < 1.29 is 9.15 Å². The van der Waals surface area contributed by atoms with Crippen LogP contribution in [0.25, 0.3) is 0 Å². The molecule has 1 aromatic heterocycles. The van der Waals surface area contributed by atoms with E-state index < -0.39 is 0 Å². The number of aryl methyl sites for hydroxylation is 1. The molecule has 1 atom stereocenters. The van der Waals surface area contributed by atoms with Crippen molar-refractivity contribution in [1.29, 1.82) is 0 Å². The molecular weight excluding hydrogens is 190 g/mol. The topological polar surface area (TPSA) is 34.4 Å². The van der Waals surface area contributed by atoms with Gasteiger partial charge >= 0.3 is 0 Å². The van der Waals surface area contributed by atoms with Gasteiger partial charge in [0.15, 0.2) is 0 Å². The van der Waals surface area contributed by atoms with Crippen LogP contribution < -0.4 is 5.32 Å². The summed E-state index contributed by atoms with van der Waals surface area (Å²) in [6.07, 6.45) is 2.43. The highest BCUT2D eigenvalue weighted by atomic mass is 16.5. The minimum atomic E-state index is 0.760. The summed E-state index contributed by atoms with van der Waals surface area (Å²) in [4.78, 5) is 0. The Morgan fingerprint density at radius 1 is 1.47 bits per heavy atom. The van der Waals surface area contributed by atoms with E-state index >= 15 is 0 Å². The number of furan rings is 1. The predicted molar refractivity (Wildman–Crippen MR) is 58.7 cm³/mol. The predicted octanol–water partition coefficient (Wildman–Crippen LogP) is 2.10. The van der Waals surface area contributed by atoms with Crippen molar-refractivity contribution >= 4 is 0 Å². The van der Waals surface area contributed by atoms with Crippen molar-refractivity contribution in [2.45, 2.75) is 26.3 Å². The number of hydrogen-bond donors (Lipinski definition) is 1. The maximum absolute atomic E-state index is 5.47. The van der Waals surface area contributed by atoms with E-state index in [0.29, 0.717) is 0 Å². The van der Waals surface area contributed by atoms with Crippen LogP contribution in [0.3, 0.4) is 0 Å². The molecule has 1 unspecified atom stereocenters. The fourth-order valence-corrected chi connectivity index (χ4v) is 1.91. The monoisotopic (exact) mass is 209 g/mol. The summed E-state index contributed by atoms with van der Waals surface area (Å²) in [5.41, 5.74) is 0. The normalized spacial score (nSPS) is 21.0. The SMILES string of the molecule is Cc1ccc(CNCCC2CCOC2)o1. The second kappa shape index (κ2) is 5.33. The lowest BCUT2D eigenvalue weighted by molar-refractivity contribution is 0.184. The maximum atomic E-state index is 5.47. The summed E-state index contributed by atoms with van der Waals surface area (Å²) >= 11 is 0. The Bertz CT molecular complexity index is 290. The van der Waals surface area contributed by atoms with E-state index in [9.17, 15) is 0 Å². The Morgan fingerprint density at radius 2 is 2.40 bits per heavy atom. The zero-order chi connectivity index (χ0) is 10.5. The lowest BCUT2D eigenvalue weighted by atomic mass is 10.1. The summed E-state index contributed by atoms with van der Waals surface area (Å²) in [5.74, 6) is 2.77. The van der Waals surface area contributed by atoms with Gasteiger partial charge < -0.3 is 14.5 Å². The van der Waals surface area contributed by atoms with Crippen molar-refractivity contribution in [3.05, 3.63) is 23.7 Å². The third kappa shape index (κ3) is 3.36. The molecule has 1 N–H and O–H groups in total. The Hall–Kier alpha value is -0.800. The number of nitrogens with one attached hydrogen (secondary N) is 1. The molecule has 2 heterocycles. The minimum absolute atomic E-state index is 0.760. The van der Waals surface area contributed by atoms with Crippen LogP contribution in [0.15, 0.2) is 16.5 Å². The first-order chi connectivity index (χ1) is 7.34. The second-order valence-corrected chi connectivity index (χ2v) is 4.21. The number of rotatable bonds is 5. The highest BCUT2D eigenvalue weighted by Gasteiger charge is 2.14. The maximum Gasteiger partial charge on any atom is 0.117 e. The molecule has 0 aliphatic carbocycles. The van der Waals surface area contributed by atoms with Gasteiger partial charge in [-0.15, -0.1) is 0 Å². The lowest BCUT2D eigenvalue weighted by Crippen LogP contribution is -2.17. The van der Waals surface area contributed by atoms with Crippen LogP contribution in [0.1, 0.15) is 24.4 Å². The molecule has 0 bridgehead atoms. The molecule has 1 saturated heterocycles.